The smallest absolute Gasteiger partial charge is 0.258 e. The zero-order valence-corrected chi connectivity index (χ0v) is 15.7. The van der Waals surface area contributed by atoms with E-state index in [2.05, 4.69) is 10.2 Å². The van der Waals surface area contributed by atoms with Gasteiger partial charge in [0.25, 0.3) is 5.91 Å². The van der Waals surface area contributed by atoms with E-state index in [0.29, 0.717) is 25.4 Å². The summed E-state index contributed by atoms with van der Waals surface area (Å²) in [6.07, 6.45) is 0. The Hall–Kier alpha value is -2.12. The van der Waals surface area contributed by atoms with Crippen molar-refractivity contribution in [1.82, 2.24) is 15.1 Å². The van der Waals surface area contributed by atoms with Crippen LogP contribution in [0.4, 0.5) is 0 Å². The van der Waals surface area contributed by atoms with Crippen molar-refractivity contribution >= 4 is 11.8 Å². The van der Waals surface area contributed by atoms with Crippen LogP contribution in [0.25, 0.3) is 0 Å². The minimum atomic E-state index is -0.192. The zero-order valence-electron chi connectivity index (χ0n) is 15.7. The molecule has 2 rings (SSSR count). The molecule has 0 bridgehead atoms. The Labute approximate surface area is 155 Å². The van der Waals surface area contributed by atoms with Crippen LogP contribution < -0.4 is 10.1 Å². The third-order valence-electron chi connectivity index (χ3n) is 4.33. The second-order valence-corrected chi connectivity index (χ2v) is 6.41. The topological polar surface area (TPSA) is 71.1 Å². The van der Waals surface area contributed by atoms with Crippen molar-refractivity contribution in [3.63, 3.8) is 0 Å². The van der Waals surface area contributed by atoms with Gasteiger partial charge in [-0.05, 0) is 19.1 Å². The van der Waals surface area contributed by atoms with E-state index in [-0.39, 0.29) is 18.4 Å². The highest BCUT2D eigenvalue weighted by atomic mass is 16.5. The van der Waals surface area contributed by atoms with Crippen molar-refractivity contribution in [2.45, 2.75) is 13.8 Å². The second-order valence-electron chi connectivity index (χ2n) is 6.41. The van der Waals surface area contributed by atoms with E-state index in [1.54, 1.807) is 11.8 Å². The van der Waals surface area contributed by atoms with Crippen LogP contribution in [-0.4, -0.2) is 80.7 Å². The van der Waals surface area contributed by atoms with E-state index in [1.807, 2.05) is 31.2 Å². The molecule has 0 spiro atoms. The van der Waals surface area contributed by atoms with Gasteiger partial charge in [0.15, 0.2) is 6.61 Å². The minimum absolute atomic E-state index is 0.0170. The molecule has 0 unspecified atom stereocenters. The molecule has 0 atom stereocenters. The van der Waals surface area contributed by atoms with Crippen molar-refractivity contribution in [3.05, 3.63) is 29.8 Å². The minimum Gasteiger partial charge on any atom is -0.484 e. The average molecular weight is 363 g/mol. The molecule has 0 radical (unpaired) electrons. The molecule has 1 N–H and O–H groups in total. The lowest BCUT2D eigenvalue weighted by Gasteiger charge is -2.29. The van der Waals surface area contributed by atoms with Gasteiger partial charge in [0.2, 0.25) is 5.91 Å². The second kappa shape index (κ2) is 10.8. The van der Waals surface area contributed by atoms with Crippen molar-refractivity contribution in [2.75, 3.05) is 59.1 Å². The molecule has 2 amide bonds. The highest BCUT2D eigenvalue weighted by Gasteiger charge is 2.14. The van der Waals surface area contributed by atoms with E-state index < -0.39 is 0 Å². The quantitative estimate of drug-likeness (QED) is 0.698. The van der Waals surface area contributed by atoms with E-state index >= 15 is 0 Å². The number of morpholine rings is 1. The lowest BCUT2D eigenvalue weighted by Crippen LogP contribution is -2.45. The molecule has 7 nitrogen and oxygen atoms in total. The molecule has 1 aromatic carbocycles. The molecule has 1 aliphatic heterocycles. The Balaban J connectivity index is 1.63. The number of nitrogens with zero attached hydrogens (tertiary/aromatic N) is 2. The standard InChI is InChI=1S/C19H29N3O4/c1-16-3-5-18(6-4-16)26-15-19(24)20-7-8-22(17(2)23)10-9-21-11-13-25-14-12-21/h3-6H,7-15H2,1-2H3,(H,20,24). The number of carbonyl (C=O) groups is 2. The summed E-state index contributed by atoms with van der Waals surface area (Å²) in [5.41, 5.74) is 1.14. The maximum Gasteiger partial charge on any atom is 0.258 e. The molecule has 0 aromatic heterocycles. The number of amides is 2. The van der Waals surface area contributed by atoms with Gasteiger partial charge in [-0.3, -0.25) is 14.5 Å². The summed E-state index contributed by atoms with van der Waals surface area (Å²) in [4.78, 5) is 27.7. The van der Waals surface area contributed by atoms with Crippen molar-refractivity contribution in [1.29, 1.82) is 0 Å². The summed E-state index contributed by atoms with van der Waals surface area (Å²) < 4.78 is 10.8. The van der Waals surface area contributed by atoms with Crippen LogP contribution in [0.1, 0.15) is 12.5 Å². The molecular formula is C19H29N3O4. The van der Waals surface area contributed by atoms with Crippen LogP contribution in [0, 0.1) is 6.92 Å². The van der Waals surface area contributed by atoms with Crippen molar-refractivity contribution in [3.8, 4) is 5.75 Å². The summed E-state index contributed by atoms with van der Waals surface area (Å²) >= 11 is 0. The zero-order chi connectivity index (χ0) is 18.8. The van der Waals surface area contributed by atoms with Gasteiger partial charge in [-0.1, -0.05) is 17.7 Å². The Morgan fingerprint density at radius 3 is 2.54 bits per heavy atom. The first-order chi connectivity index (χ1) is 12.5. The van der Waals surface area contributed by atoms with Gasteiger partial charge in [-0.2, -0.15) is 0 Å². The van der Waals surface area contributed by atoms with Crippen LogP contribution in [0.2, 0.25) is 0 Å². The number of aryl methyl sites for hydroxylation is 1. The number of benzene rings is 1. The third kappa shape index (κ3) is 7.41. The maximum absolute atomic E-state index is 11.9. The van der Waals surface area contributed by atoms with E-state index in [9.17, 15) is 9.59 Å². The maximum atomic E-state index is 11.9. The fraction of sp³-hybridized carbons (Fsp3) is 0.579. The van der Waals surface area contributed by atoms with Gasteiger partial charge in [-0.15, -0.1) is 0 Å². The van der Waals surface area contributed by atoms with Crippen LogP contribution in [-0.2, 0) is 14.3 Å². The Morgan fingerprint density at radius 1 is 1.19 bits per heavy atom. The summed E-state index contributed by atoms with van der Waals surface area (Å²) in [5, 5.41) is 2.80. The average Bonchev–Trinajstić information content (AvgIpc) is 2.64. The van der Waals surface area contributed by atoms with Gasteiger partial charge < -0.3 is 19.7 Å². The molecule has 1 heterocycles. The molecule has 0 saturated carbocycles. The van der Waals surface area contributed by atoms with Crippen LogP contribution >= 0.6 is 0 Å². The van der Waals surface area contributed by atoms with Crippen LogP contribution in [0.5, 0.6) is 5.75 Å². The molecule has 1 fully saturated rings. The van der Waals surface area contributed by atoms with Gasteiger partial charge in [0.05, 0.1) is 13.2 Å². The fourth-order valence-corrected chi connectivity index (χ4v) is 2.68. The summed E-state index contributed by atoms with van der Waals surface area (Å²) in [5.74, 6) is 0.493. The molecule has 1 saturated heterocycles. The largest absolute Gasteiger partial charge is 0.484 e. The monoisotopic (exact) mass is 363 g/mol. The van der Waals surface area contributed by atoms with E-state index in [4.69, 9.17) is 9.47 Å². The molecule has 1 aliphatic rings. The summed E-state index contributed by atoms with van der Waals surface area (Å²) in [6.45, 7) is 9.22. The van der Waals surface area contributed by atoms with Crippen LogP contribution in [0.15, 0.2) is 24.3 Å². The van der Waals surface area contributed by atoms with Gasteiger partial charge in [-0.25, -0.2) is 0 Å². The third-order valence-corrected chi connectivity index (χ3v) is 4.33. The molecule has 0 aliphatic carbocycles. The lowest BCUT2D eigenvalue weighted by atomic mass is 10.2. The van der Waals surface area contributed by atoms with Gasteiger partial charge in [0, 0.05) is 46.2 Å². The fourth-order valence-electron chi connectivity index (χ4n) is 2.68. The number of nitrogens with one attached hydrogen (secondary N) is 1. The molecule has 1 aromatic rings. The van der Waals surface area contributed by atoms with E-state index in [0.717, 1.165) is 38.4 Å². The summed E-state index contributed by atoms with van der Waals surface area (Å²) in [7, 11) is 0. The molecular weight excluding hydrogens is 334 g/mol. The number of carbonyl (C=O) groups excluding carboxylic acids is 2. The number of hydrogen-bond acceptors (Lipinski definition) is 5. The Kier molecular flexibility index (Phi) is 8.37. The first-order valence-electron chi connectivity index (χ1n) is 9.06. The number of hydrogen-bond donors (Lipinski definition) is 1. The predicted molar refractivity (Wildman–Crippen MR) is 99.2 cm³/mol. The number of rotatable bonds is 9. The SMILES string of the molecule is CC(=O)N(CCNC(=O)COc1ccc(C)cc1)CCN1CCOCC1. The van der Waals surface area contributed by atoms with Crippen LogP contribution in [0.3, 0.4) is 0 Å². The van der Waals surface area contributed by atoms with Crippen molar-refractivity contribution in [2.24, 2.45) is 0 Å². The molecule has 7 heteroatoms. The van der Waals surface area contributed by atoms with Gasteiger partial charge >= 0.3 is 0 Å². The highest BCUT2D eigenvalue weighted by molar-refractivity contribution is 5.77. The predicted octanol–water partition coefficient (Wildman–Crippen LogP) is 0.671. The first-order valence-corrected chi connectivity index (χ1v) is 9.06. The number of ether oxygens (including phenoxy) is 2. The molecule has 26 heavy (non-hydrogen) atoms. The Bertz CT molecular complexity index is 571. The van der Waals surface area contributed by atoms with Crippen molar-refractivity contribution < 1.29 is 19.1 Å². The summed E-state index contributed by atoms with van der Waals surface area (Å²) in [6, 6.07) is 7.55. The molecule has 144 valence electrons. The van der Waals surface area contributed by atoms with Gasteiger partial charge in [0.1, 0.15) is 5.75 Å². The lowest BCUT2D eigenvalue weighted by molar-refractivity contribution is -0.130. The van der Waals surface area contributed by atoms with E-state index in [1.165, 1.54) is 0 Å². The normalized spacial score (nSPS) is 14.7. The highest BCUT2D eigenvalue weighted by Crippen LogP contribution is 2.10. The first kappa shape index (κ1) is 20.2. The Morgan fingerprint density at radius 2 is 1.88 bits per heavy atom.